The molecule has 0 spiro atoms. The van der Waals surface area contributed by atoms with Gasteiger partial charge in [-0.05, 0) is 43.9 Å². The predicted molar refractivity (Wildman–Crippen MR) is 75.0 cm³/mol. The molecule has 0 saturated heterocycles. The van der Waals surface area contributed by atoms with Crippen LogP contribution in [0.2, 0.25) is 0 Å². The summed E-state index contributed by atoms with van der Waals surface area (Å²) in [5.41, 5.74) is 9.88. The molecule has 3 heteroatoms. The van der Waals surface area contributed by atoms with Crippen LogP contribution in [-0.2, 0) is 6.42 Å². The van der Waals surface area contributed by atoms with E-state index in [-0.39, 0.29) is 6.10 Å². The van der Waals surface area contributed by atoms with Crippen molar-refractivity contribution in [2.45, 2.75) is 32.3 Å². The lowest BCUT2D eigenvalue weighted by atomic mass is 10.1. The summed E-state index contributed by atoms with van der Waals surface area (Å²) in [7, 11) is 0. The molecule has 1 atom stereocenters. The van der Waals surface area contributed by atoms with E-state index in [0.717, 1.165) is 35.5 Å². The van der Waals surface area contributed by atoms with Gasteiger partial charge in [-0.2, -0.15) is 0 Å². The van der Waals surface area contributed by atoms with Gasteiger partial charge in [-0.1, -0.05) is 24.3 Å². The zero-order valence-corrected chi connectivity index (χ0v) is 10.7. The van der Waals surface area contributed by atoms with Gasteiger partial charge in [-0.15, -0.1) is 0 Å². The molecule has 0 radical (unpaired) electrons. The summed E-state index contributed by atoms with van der Waals surface area (Å²) in [5, 5.41) is 12.6. The van der Waals surface area contributed by atoms with E-state index in [0.29, 0.717) is 6.42 Å². The quantitative estimate of drug-likeness (QED) is 0.763. The number of hydrogen-bond donors (Lipinski definition) is 3. The van der Waals surface area contributed by atoms with Crippen molar-refractivity contribution in [2.24, 2.45) is 5.73 Å². The Labute approximate surface area is 108 Å². The van der Waals surface area contributed by atoms with E-state index in [2.05, 4.69) is 11.4 Å². The summed E-state index contributed by atoms with van der Waals surface area (Å²) in [6.07, 6.45) is 6.60. The predicted octanol–water partition coefficient (Wildman–Crippen LogP) is 2.54. The first-order valence-corrected chi connectivity index (χ1v) is 6.35. The lowest BCUT2D eigenvalue weighted by Crippen LogP contribution is -2.12. The summed E-state index contributed by atoms with van der Waals surface area (Å²) in [6, 6.07) is 8.08. The number of anilines is 1. The fourth-order valence-electron chi connectivity index (χ4n) is 2.04. The number of hydrogen-bond acceptors (Lipinski definition) is 3. The second-order valence-corrected chi connectivity index (χ2v) is 4.73. The molecule has 2 rings (SSSR count). The van der Waals surface area contributed by atoms with E-state index >= 15 is 0 Å². The summed E-state index contributed by atoms with van der Waals surface area (Å²) >= 11 is 0. The molecular formula is C15H20N2O. The summed E-state index contributed by atoms with van der Waals surface area (Å²) < 4.78 is 0. The Morgan fingerprint density at radius 3 is 2.50 bits per heavy atom. The molecule has 96 valence electrons. The van der Waals surface area contributed by atoms with Gasteiger partial charge in [0, 0.05) is 5.69 Å². The van der Waals surface area contributed by atoms with Gasteiger partial charge in [0.05, 0.1) is 17.5 Å². The van der Waals surface area contributed by atoms with Crippen LogP contribution in [0, 0.1) is 0 Å². The van der Waals surface area contributed by atoms with Crippen molar-refractivity contribution < 1.29 is 5.11 Å². The molecule has 1 aromatic rings. The second kappa shape index (κ2) is 5.74. The number of nitrogens with one attached hydrogen (secondary N) is 1. The van der Waals surface area contributed by atoms with E-state index in [9.17, 15) is 5.11 Å². The van der Waals surface area contributed by atoms with Crippen LogP contribution in [0.5, 0.6) is 0 Å². The Morgan fingerprint density at radius 1 is 1.22 bits per heavy atom. The first-order chi connectivity index (χ1) is 8.65. The fourth-order valence-corrected chi connectivity index (χ4v) is 2.04. The topological polar surface area (TPSA) is 58.3 Å². The van der Waals surface area contributed by atoms with Crippen molar-refractivity contribution in [1.29, 1.82) is 0 Å². The number of nitrogens with two attached hydrogens (primary N) is 1. The molecule has 1 aliphatic carbocycles. The summed E-state index contributed by atoms with van der Waals surface area (Å²) in [4.78, 5) is 0. The van der Waals surface area contributed by atoms with Gasteiger partial charge in [-0.3, -0.25) is 0 Å². The lowest BCUT2D eigenvalue weighted by molar-refractivity contribution is 0.195. The van der Waals surface area contributed by atoms with E-state index < -0.39 is 0 Å². The van der Waals surface area contributed by atoms with Gasteiger partial charge in [0.2, 0.25) is 0 Å². The Bertz CT molecular complexity index is 458. The molecule has 0 bridgehead atoms. The molecule has 0 heterocycles. The first-order valence-electron chi connectivity index (χ1n) is 6.35. The van der Waals surface area contributed by atoms with Gasteiger partial charge in [0.15, 0.2) is 0 Å². The van der Waals surface area contributed by atoms with Crippen molar-refractivity contribution in [3.63, 3.8) is 0 Å². The first kappa shape index (κ1) is 12.7. The van der Waals surface area contributed by atoms with E-state index in [1.807, 2.05) is 30.3 Å². The van der Waals surface area contributed by atoms with Crippen molar-refractivity contribution in [3.05, 3.63) is 53.4 Å². The van der Waals surface area contributed by atoms with Crippen LogP contribution in [-0.4, -0.2) is 11.2 Å². The van der Waals surface area contributed by atoms with E-state index in [1.54, 1.807) is 6.92 Å². The van der Waals surface area contributed by atoms with Gasteiger partial charge in [0.25, 0.3) is 0 Å². The molecule has 0 aliphatic heterocycles. The monoisotopic (exact) mass is 244 g/mol. The minimum atomic E-state index is -0.302. The van der Waals surface area contributed by atoms with Gasteiger partial charge in [-0.25, -0.2) is 0 Å². The molecule has 0 saturated carbocycles. The van der Waals surface area contributed by atoms with Gasteiger partial charge < -0.3 is 16.2 Å². The minimum absolute atomic E-state index is 0.302. The molecule has 0 amide bonds. The third-order valence-corrected chi connectivity index (χ3v) is 2.95. The normalized spacial score (nSPS) is 16.8. The van der Waals surface area contributed by atoms with Crippen molar-refractivity contribution in [2.75, 3.05) is 5.32 Å². The highest BCUT2D eigenvalue weighted by Crippen LogP contribution is 2.19. The van der Waals surface area contributed by atoms with Crippen LogP contribution in [0.25, 0.3) is 0 Å². The maximum atomic E-state index is 9.32. The van der Waals surface area contributed by atoms with Crippen LogP contribution in [0.3, 0.4) is 0 Å². The molecule has 0 aromatic heterocycles. The molecule has 1 aliphatic rings. The average molecular weight is 244 g/mol. The number of aliphatic hydroxyl groups excluding tert-OH is 1. The van der Waals surface area contributed by atoms with Crippen LogP contribution < -0.4 is 11.1 Å². The highest BCUT2D eigenvalue weighted by atomic mass is 16.3. The van der Waals surface area contributed by atoms with Gasteiger partial charge >= 0.3 is 0 Å². The van der Waals surface area contributed by atoms with E-state index in [4.69, 9.17) is 5.73 Å². The fraction of sp³-hybridized carbons (Fsp3) is 0.333. The molecule has 4 N–H and O–H groups in total. The molecule has 1 aromatic carbocycles. The molecule has 0 unspecified atom stereocenters. The highest BCUT2D eigenvalue weighted by molar-refractivity contribution is 5.54. The Hall–Kier alpha value is -1.74. The zero-order chi connectivity index (χ0) is 13.0. The Kier molecular flexibility index (Phi) is 4.05. The third kappa shape index (κ3) is 3.37. The van der Waals surface area contributed by atoms with Crippen molar-refractivity contribution >= 4 is 5.69 Å². The third-order valence-electron chi connectivity index (χ3n) is 2.95. The highest BCUT2D eigenvalue weighted by Gasteiger charge is 2.05. The summed E-state index contributed by atoms with van der Waals surface area (Å²) in [6.45, 7) is 1.80. The van der Waals surface area contributed by atoms with Crippen molar-refractivity contribution in [3.8, 4) is 0 Å². The molecule has 0 fully saturated rings. The van der Waals surface area contributed by atoms with Crippen LogP contribution >= 0.6 is 0 Å². The molecule has 3 nitrogen and oxygen atoms in total. The smallest absolute Gasteiger partial charge is 0.0574 e. The zero-order valence-electron chi connectivity index (χ0n) is 10.7. The Balaban J connectivity index is 2.02. The average Bonchev–Trinajstić information content (AvgIpc) is 2.34. The molecule has 18 heavy (non-hydrogen) atoms. The second-order valence-electron chi connectivity index (χ2n) is 4.73. The maximum Gasteiger partial charge on any atom is 0.0574 e. The number of benzene rings is 1. The van der Waals surface area contributed by atoms with Crippen LogP contribution in [0.15, 0.2) is 47.8 Å². The minimum Gasteiger partial charge on any atom is -0.397 e. The van der Waals surface area contributed by atoms with Crippen LogP contribution in [0.1, 0.15) is 25.3 Å². The van der Waals surface area contributed by atoms with Crippen LogP contribution in [0.4, 0.5) is 5.69 Å². The number of aliphatic hydroxyl groups is 1. The summed E-state index contributed by atoms with van der Waals surface area (Å²) in [5.74, 6) is 0. The molecular weight excluding hydrogens is 224 g/mol. The number of rotatable bonds is 4. The number of allylic oxidation sites excluding steroid dienone is 2. The lowest BCUT2D eigenvalue weighted by Gasteiger charge is -2.15. The van der Waals surface area contributed by atoms with Crippen molar-refractivity contribution in [1.82, 2.24) is 0 Å². The largest absolute Gasteiger partial charge is 0.397 e. The standard InChI is InChI=1S/C15H20N2O/c1-11(18)10-12-6-8-13(9-7-12)17-15-5-3-2-4-14(15)16/h4-9,11,17-18H,2-3,10,16H2,1H3/t11-/m0/s1. The van der Waals surface area contributed by atoms with E-state index in [1.165, 1.54) is 0 Å². The Morgan fingerprint density at radius 2 is 1.89 bits per heavy atom. The van der Waals surface area contributed by atoms with Gasteiger partial charge in [0.1, 0.15) is 0 Å². The maximum absolute atomic E-state index is 9.32. The SMILES string of the molecule is C[C@H](O)Cc1ccc(NC2=CCCC=C2N)cc1.